The van der Waals surface area contributed by atoms with Crippen LogP contribution in [0.5, 0.6) is 34.8 Å². The second-order valence-corrected chi connectivity index (χ2v) is 8.12. The van der Waals surface area contributed by atoms with E-state index in [1.165, 1.54) is 32.7 Å². The lowest BCUT2D eigenvalue weighted by atomic mass is 10.1. The van der Waals surface area contributed by atoms with Gasteiger partial charge in [0.05, 0.1) is 32.2 Å². The van der Waals surface area contributed by atoms with Crippen LogP contribution in [0.25, 0.3) is 11.0 Å². The van der Waals surface area contributed by atoms with Gasteiger partial charge in [0.15, 0.2) is 34.3 Å². The molecule has 0 saturated heterocycles. The van der Waals surface area contributed by atoms with Gasteiger partial charge in [-0.15, -0.1) is 0 Å². The van der Waals surface area contributed by atoms with E-state index in [1.54, 1.807) is 27.0 Å². The molecule has 0 aliphatic heterocycles. The summed E-state index contributed by atoms with van der Waals surface area (Å²) in [7, 11) is 4.34. The van der Waals surface area contributed by atoms with Gasteiger partial charge in [-0.2, -0.15) is 4.98 Å². The number of aryl methyl sites for hydroxylation is 2. The van der Waals surface area contributed by atoms with Crippen LogP contribution in [-0.2, 0) is 4.74 Å². The van der Waals surface area contributed by atoms with Gasteiger partial charge in [-0.05, 0) is 26.0 Å². The van der Waals surface area contributed by atoms with Gasteiger partial charge in [0.2, 0.25) is 5.88 Å². The zero-order chi connectivity index (χ0) is 28.1. The van der Waals surface area contributed by atoms with Crippen LogP contribution in [-0.4, -0.2) is 65.5 Å². The summed E-state index contributed by atoms with van der Waals surface area (Å²) in [5, 5.41) is 13.0. The maximum absolute atomic E-state index is 15.0. The summed E-state index contributed by atoms with van der Waals surface area (Å²) in [5.41, 5.74) is 1.35. The number of aromatic nitrogens is 4. The summed E-state index contributed by atoms with van der Waals surface area (Å²) < 4.78 is 41.8. The first-order valence-corrected chi connectivity index (χ1v) is 11.6. The number of pyridine rings is 2. The molecule has 12 nitrogen and oxygen atoms in total. The predicted octanol–water partition coefficient (Wildman–Crippen LogP) is 3.97. The molecule has 0 fully saturated rings. The van der Waals surface area contributed by atoms with E-state index in [1.807, 2.05) is 0 Å². The van der Waals surface area contributed by atoms with Crippen molar-refractivity contribution < 1.29 is 38.0 Å². The smallest absolute Gasteiger partial charge is 0.261 e. The third-order valence-corrected chi connectivity index (χ3v) is 5.55. The van der Waals surface area contributed by atoms with Crippen molar-refractivity contribution >= 4 is 22.6 Å². The van der Waals surface area contributed by atoms with Crippen LogP contribution in [0.2, 0.25) is 0 Å². The van der Waals surface area contributed by atoms with Gasteiger partial charge >= 0.3 is 0 Å². The molecule has 4 rings (SSSR count). The number of nitrogens with zero attached hydrogens (tertiary/aromatic N) is 4. The maximum atomic E-state index is 15.0. The van der Waals surface area contributed by atoms with Crippen molar-refractivity contribution in [3.63, 3.8) is 0 Å². The average molecular weight is 540 g/mol. The third kappa shape index (κ3) is 5.72. The van der Waals surface area contributed by atoms with Crippen molar-refractivity contribution in [1.82, 2.24) is 19.9 Å². The standard InChI is InChI=1S/C26H26FN5O7/c1-13-20(22(33)23(36-4)14(2)30-13)24(34)31-15-6-7-18(16(27)10-15)39-26-21-17(28-12-29-26)11-19(25(32-21)37-5)38-9-8-35-3/h6-7,10-12H,8-9H2,1-5H3,(H,30,33)(H,31,34). The number of fused-ring (bicyclic) bond motifs is 1. The van der Waals surface area contributed by atoms with Crippen LogP contribution < -0.4 is 24.3 Å². The largest absolute Gasteiger partial charge is 0.504 e. The number of amides is 1. The van der Waals surface area contributed by atoms with Crippen molar-refractivity contribution in [2.24, 2.45) is 0 Å². The molecule has 0 aliphatic carbocycles. The molecule has 13 heteroatoms. The van der Waals surface area contributed by atoms with Crippen LogP contribution in [0.1, 0.15) is 21.7 Å². The molecule has 4 aromatic rings. The highest BCUT2D eigenvalue weighted by atomic mass is 19.1. The minimum atomic E-state index is -0.786. The summed E-state index contributed by atoms with van der Waals surface area (Å²) >= 11 is 0. The highest BCUT2D eigenvalue weighted by Crippen LogP contribution is 2.36. The number of ether oxygens (including phenoxy) is 5. The Morgan fingerprint density at radius 1 is 0.974 bits per heavy atom. The fourth-order valence-corrected chi connectivity index (χ4v) is 3.78. The van der Waals surface area contributed by atoms with Gasteiger partial charge in [-0.25, -0.2) is 14.4 Å². The minimum Gasteiger partial charge on any atom is -0.504 e. The number of rotatable bonds is 10. The molecule has 2 N–H and O–H groups in total. The lowest BCUT2D eigenvalue weighted by molar-refractivity contribution is 0.102. The number of anilines is 1. The summed E-state index contributed by atoms with van der Waals surface area (Å²) in [6, 6.07) is 5.42. The van der Waals surface area contributed by atoms with Gasteiger partial charge in [-0.1, -0.05) is 0 Å². The van der Waals surface area contributed by atoms with Gasteiger partial charge in [-0.3, -0.25) is 9.78 Å². The van der Waals surface area contributed by atoms with E-state index in [4.69, 9.17) is 23.7 Å². The summed E-state index contributed by atoms with van der Waals surface area (Å²) in [6.07, 6.45) is 1.25. The lowest BCUT2D eigenvalue weighted by Gasteiger charge is -2.14. The van der Waals surface area contributed by atoms with Crippen molar-refractivity contribution in [2.45, 2.75) is 13.8 Å². The summed E-state index contributed by atoms with van der Waals surface area (Å²) in [4.78, 5) is 29.7. The Morgan fingerprint density at radius 3 is 2.46 bits per heavy atom. The molecule has 3 heterocycles. The van der Waals surface area contributed by atoms with Crippen molar-refractivity contribution in [2.75, 3.05) is 39.9 Å². The molecule has 1 aromatic carbocycles. The second kappa shape index (κ2) is 11.7. The zero-order valence-electron chi connectivity index (χ0n) is 21.9. The molecular weight excluding hydrogens is 513 g/mol. The summed E-state index contributed by atoms with van der Waals surface area (Å²) in [5.74, 6) is -1.43. The monoisotopic (exact) mass is 539 g/mol. The molecular formula is C26H26FN5O7. The molecule has 3 aromatic heterocycles. The van der Waals surface area contributed by atoms with E-state index in [2.05, 4.69) is 25.3 Å². The van der Waals surface area contributed by atoms with Crippen LogP contribution >= 0.6 is 0 Å². The molecule has 0 unspecified atom stereocenters. The molecule has 0 atom stereocenters. The van der Waals surface area contributed by atoms with Crippen LogP contribution in [0.4, 0.5) is 10.1 Å². The summed E-state index contributed by atoms with van der Waals surface area (Å²) in [6.45, 7) is 3.85. The van der Waals surface area contributed by atoms with Crippen LogP contribution in [0, 0.1) is 19.7 Å². The Labute approximate surface area is 222 Å². The maximum Gasteiger partial charge on any atom is 0.261 e. The number of hydrogen-bond acceptors (Lipinski definition) is 11. The van der Waals surface area contributed by atoms with Crippen LogP contribution in [0.3, 0.4) is 0 Å². The number of methoxy groups -OCH3 is 3. The Bertz CT molecular complexity index is 1530. The fraction of sp³-hybridized carbons (Fsp3) is 0.269. The number of halogens is 1. The van der Waals surface area contributed by atoms with E-state index >= 15 is 4.39 Å². The number of aromatic hydroxyl groups is 1. The normalized spacial score (nSPS) is 10.8. The molecule has 204 valence electrons. The SMILES string of the molecule is COCCOc1cc2ncnc(Oc3ccc(NC(=O)c4c(C)nc(C)c(OC)c4O)cc3F)c2nc1OC. The quantitative estimate of drug-likeness (QED) is 0.282. The number of carbonyl (C=O) groups excluding carboxylic acids is 1. The van der Waals surface area contributed by atoms with Gasteiger partial charge in [0, 0.05) is 24.9 Å². The van der Waals surface area contributed by atoms with Gasteiger partial charge in [0.1, 0.15) is 24.0 Å². The number of benzene rings is 1. The molecule has 1 amide bonds. The Hall–Kier alpha value is -4.78. The Morgan fingerprint density at radius 2 is 1.77 bits per heavy atom. The lowest BCUT2D eigenvalue weighted by Crippen LogP contribution is -2.15. The molecule has 0 radical (unpaired) electrons. The molecule has 0 bridgehead atoms. The highest BCUT2D eigenvalue weighted by molar-refractivity contribution is 6.07. The van der Waals surface area contributed by atoms with Gasteiger partial charge < -0.3 is 34.1 Å². The van der Waals surface area contributed by atoms with E-state index < -0.39 is 11.7 Å². The highest BCUT2D eigenvalue weighted by Gasteiger charge is 2.22. The fourth-order valence-electron chi connectivity index (χ4n) is 3.78. The topological polar surface area (TPSA) is 147 Å². The van der Waals surface area contributed by atoms with Crippen molar-refractivity contribution in [3.05, 3.63) is 53.4 Å². The number of nitrogens with one attached hydrogen (secondary N) is 1. The van der Waals surface area contributed by atoms with E-state index in [0.29, 0.717) is 23.6 Å². The number of carbonyl (C=O) groups is 1. The average Bonchev–Trinajstić information content (AvgIpc) is 2.90. The van der Waals surface area contributed by atoms with E-state index in [9.17, 15) is 9.90 Å². The minimum absolute atomic E-state index is 0.0178. The second-order valence-electron chi connectivity index (χ2n) is 8.12. The Balaban J connectivity index is 1.58. The first kappa shape index (κ1) is 27.3. The van der Waals surface area contributed by atoms with Crippen molar-refractivity contribution in [3.8, 4) is 34.8 Å². The molecule has 0 saturated carbocycles. The Kier molecular flexibility index (Phi) is 8.20. The third-order valence-electron chi connectivity index (χ3n) is 5.55. The zero-order valence-corrected chi connectivity index (χ0v) is 21.9. The first-order chi connectivity index (χ1) is 18.8. The van der Waals surface area contributed by atoms with Crippen LogP contribution in [0.15, 0.2) is 30.6 Å². The first-order valence-electron chi connectivity index (χ1n) is 11.6. The molecule has 0 aliphatic rings. The van der Waals surface area contributed by atoms with Crippen molar-refractivity contribution in [1.29, 1.82) is 0 Å². The molecule has 39 heavy (non-hydrogen) atoms. The molecule has 0 spiro atoms. The van der Waals surface area contributed by atoms with Gasteiger partial charge in [0.25, 0.3) is 11.8 Å². The predicted molar refractivity (Wildman–Crippen MR) is 138 cm³/mol. The number of hydrogen-bond donors (Lipinski definition) is 2. The van der Waals surface area contributed by atoms with E-state index in [0.717, 1.165) is 6.07 Å². The van der Waals surface area contributed by atoms with E-state index in [-0.39, 0.29) is 58.1 Å².